The van der Waals surface area contributed by atoms with Crippen molar-refractivity contribution in [3.8, 4) is 22.3 Å². The van der Waals surface area contributed by atoms with Gasteiger partial charge in [-0.25, -0.2) is 0 Å². The van der Waals surface area contributed by atoms with Crippen molar-refractivity contribution < 1.29 is 0 Å². The molecule has 66 heavy (non-hydrogen) atoms. The van der Waals surface area contributed by atoms with Gasteiger partial charge in [0.15, 0.2) is 0 Å². The van der Waals surface area contributed by atoms with E-state index in [4.69, 9.17) is 0 Å². The molecule has 0 bridgehead atoms. The van der Waals surface area contributed by atoms with Crippen LogP contribution >= 0.6 is 0 Å². The van der Waals surface area contributed by atoms with Crippen LogP contribution in [0, 0.1) is 5.92 Å². The van der Waals surface area contributed by atoms with Crippen molar-refractivity contribution in [2.45, 2.75) is 18.3 Å². The second-order valence-corrected chi connectivity index (χ2v) is 17.7. The van der Waals surface area contributed by atoms with Crippen molar-refractivity contribution in [3.63, 3.8) is 0 Å². The van der Waals surface area contributed by atoms with E-state index in [0.29, 0.717) is 11.8 Å². The molecule has 10 aromatic carbocycles. The Kier molecular flexibility index (Phi) is 9.80. The number of anilines is 5. The fourth-order valence-corrected chi connectivity index (χ4v) is 10.9. The number of nitrogens with zero attached hydrogens (tertiary/aromatic N) is 1. The van der Waals surface area contributed by atoms with E-state index in [-0.39, 0.29) is 0 Å². The first-order chi connectivity index (χ1) is 32.6. The fourth-order valence-electron chi connectivity index (χ4n) is 10.9. The predicted octanol–water partition coefficient (Wildman–Crippen LogP) is 17.1. The first-order valence-corrected chi connectivity index (χ1v) is 23.1. The smallest absolute Gasteiger partial charge is 0.0714 e. The molecule has 1 N–H and O–H groups in total. The maximum absolute atomic E-state index is 3.82. The molecule has 2 nitrogen and oxygen atoms in total. The van der Waals surface area contributed by atoms with Crippen LogP contribution in [0.1, 0.15) is 40.7 Å². The third-order valence-electron chi connectivity index (χ3n) is 14.0. The number of allylic oxidation sites excluding steroid dienone is 4. The number of nitrogens with one attached hydrogen (secondary N) is 1. The van der Waals surface area contributed by atoms with Gasteiger partial charge in [0.25, 0.3) is 0 Å². The molecule has 0 saturated carbocycles. The van der Waals surface area contributed by atoms with Gasteiger partial charge in [0.05, 0.1) is 11.1 Å². The molecule has 2 heteroatoms. The van der Waals surface area contributed by atoms with E-state index in [9.17, 15) is 0 Å². The predicted molar refractivity (Wildman–Crippen MR) is 279 cm³/mol. The highest BCUT2D eigenvalue weighted by Gasteiger charge is 2.46. The number of benzene rings is 10. The molecule has 0 amide bonds. The summed E-state index contributed by atoms with van der Waals surface area (Å²) in [5, 5.41) is 8.79. The lowest BCUT2D eigenvalue weighted by Gasteiger charge is -2.35. The Morgan fingerprint density at radius 2 is 1.02 bits per heavy atom. The monoisotopic (exact) mass is 844 g/mol. The van der Waals surface area contributed by atoms with E-state index < -0.39 is 5.41 Å². The molecule has 0 aliphatic heterocycles. The van der Waals surface area contributed by atoms with Crippen molar-refractivity contribution in [2.24, 2.45) is 5.92 Å². The van der Waals surface area contributed by atoms with Crippen molar-refractivity contribution in [1.29, 1.82) is 0 Å². The Morgan fingerprint density at radius 1 is 0.439 bits per heavy atom. The van der Waals surface area contributed by atoms with E-state index in [0.717, 1.165) is 28.4 Å². The minimum atomic E-state index is -0.502. The van der Waals surface area contributed by atoms with E-state index in [1.165, 1.54) is 71.6 Å². The van der Waals surface area contributed by atoms with Gasteiger partial charge in [-0.3, -0.25) is 0 Å². The summed E-state index contributed by atoms with van der Waals surface area (Å²) in [5.74, 6) is 0.693. The Balaban J connectivity index is 0.940. The first-order valence-electron chi connectivity index (χ1n) is 23.1. The first kappa shape index (κ1) is 39.4. The zero-order valence-electron chi connectivity index (χ0n) is 36.9. The highest BCUT2D eigenvalue weighted by molar-refractivity contribution is 6.00. The van der Waals surface area contributed by atoms with Gasteiger partial charge in [-0.15, -0.1) is 0 Å². The third-order valence-corrected chi connectivity index (χ3v) is 14.0. The van der Waals surface area contributed by atoms with Crippen LogP contribution in [0.15, 0.2) is 255 Å². The highest BCUT2D eigenvalue weighted by Crippen LogP contribution is 2.57. The quantitative estimate of drug-likeness (QED) is 0.156. The zero-order chi connectivity index (χ0) is 44.0. The van der Waals surface area contributed by atoms with Crippen LogP contribution in [0.25, 0.3) is 43.8 Å². The number of fused-ring (bicyclic) bond motifs is 5. The van der Waals surface area contributed by atoms with Crippen LogP contribution in [0.2, 0.25) is 0 Å². The summed E-state index contributed by atoms with van der Waals surface area (Å²) in [6, 6.07) is 84.8. The average molecular weight is 845 g/mol. The summed E-state index contributed by atoms with van der Waals surface area (Å²) in [4.78, 5) is 2.45. The van der Waals surface area contributed by atoms with Crippen LogP contribution in [0.3, 0.4) is 0 Å². The molecular formula is C64H48N2. The van der Waals surface area contributed by atoms with Gasteiger partial charge in [-0.05, 0) is 121 Å². The van der Waals surface area contributed by atoms with Gasteiger partial charge in [-0.2, -0.15) is 0 Å². The van der Waals surface area contributed by atoms with E-state index >= 15 is 0 Å². The molecule has 0 spiro atoms. The third kappa shape index (κ3) is 6.56. The molecule has 12 rings (SSSR count). The van der Waals surface area contributed by atoms with Gasteiger partial charge in [0, 0.05) is 34.1 Å². The average Bonchev–Trinajstić information content (AvgIpc) is 3.68. The fraction of sp³-hybridized carbons (Fsp3) is 0.0625. The topological polar surface area (TPSA) is 15.3 Å². The Morgan fingerprint density at radius 3 is 1.74 bits per heavy atom. The normalized spacial score (nSPS) is 15.7. The van der Waals surface area contributed by atoms with Crippen LogP contribution in [0.4, 0.5) is 28.4 Å². The lowest BCUT2D eigenvalue weighted by molar-refractivity contribution is 0.640. The molecule has 0 fully saturated rings. The summed E-state index contributed by atoms with van der Waals surface area (Å²) in [6.07, 6.45) is 9.01. The van der Waals surface area contributed by atoms with Gasteiger partial charge in [0.1, 0.15) is 0 Å². The molecule has 2 aliphatic rings. The largest absolute Gasteiger partial charge is 0.355 e. The molecular weight excluding hydrogens is 797 g/mol. The summed E-state index contributed by atoms with van der Waals surface area (Å²) >= 11 is 0. The molecule has 0 saturated heterocycles. The second kappa shape index (κ2) is 16.4. The molecule has 10 aromatic rings. The molecule has 2 unspecified atom stereocenters. The minimum absolute atomic E-state index is 0.290. The van der Waals surface area contributed by atoms with Crippen molar-refractivity contribution in [3.05, 3.63) is 283 Å². The Hall–Kier alpha value is -8.20. The van der Waals surface area contributed by atoms with E-state index in [1.807, 2.05) is 0 Å². The molecule has 314 valence electrons. The maximum Gasteiger partial charge on any atom is 0.0714 e. The standard InChI is InChI=1S/C64H48N2/c1-44-17-8-11-25-54(44)63-56-27-13-10-19-48(56)35-42-61(63)65-51-36-31-45(32-37-51)46-33-38-52(39-34-46)66(62-30-16-20-47-18-9-12-26-55(47)62)53-40-41-58-57-28-14-15-29-59(57)64(60(58)43-53,49-21-4-2-5-22-49)50-23-6-3-7-24-50/h2-44,54,65H,1H3. The number of rotatable bonds is 9. The molecule has 2 atom stereocenters. The van der Waals surface area contributed by atoms with Crippen LogP contribution in [0.5, 0.6) is 0 Å². The molecule has 2 aliphatic carbocycles. The molecule has 0 aromatic heterocycles. The number of hydrogen-bond donors (Lipinski definition) is 1. The molecule has 0 heterocycles. The zero-order valence-corrected chi connectivity index (χ0v) is 36.9. The van der Waals surface area contributed by atoms with Gasteiger partial charge >= 0.3 is 0 Å². The van der Waals surface area contributed by atoms with Crippen LogP contribution in [-0.4, -0.2) is 0 Å². The SMILES string of the molecule is CC1C=CC=CC1c1c(Nc2ccc(-c3ccc(N(c4ccc5c(c4)C(c4ccccc4)(c4ccccc4)c4ccccc4-5)c4cccc5ccccc45)cc3)cc2)ccc2ccccc12. The van der Waals surface area contributed by atoms with Crippen molar-refractivity contribution in [2.75, 3.05) is 10.2 Å². The van der Waals surface area contributed by atoms with Crippen molar-refractivity contribution in [1.82, 2.24) is 0 Å². The summed E-state index contributed by atoms with van der Waals surface area (Å²) in [7, 11) is 0. The second-order valence-electron chi connectivity index (χ2n) is 17.7. The van der Waals surface area contributed by atoms with Gasteiger partial charge in [0.2, 0.25) is 0 Å². The highest BCUT2D eigenvalue weighted by atomic mass is 15.1. The van der Waals surface area contributed by atoms with Gasteiger partial charge in [-0.1, -0.05) is 213 Å². The van der Waals surface area contributed by atoms with Crippen molar-refractivity contribution >= 4 is 50.0 Å². The van der Waals surface area contributed by atoms with E-state index in [2.05, 4.69) is 272 Å². The van der Waals surface area contributed by atoms with E-state index in [1.54, 1.807) is 0 Å². The molecule has 0 radical (unpaired) electrons. The summed E-state index contributed by atoms with van der Waals surface area (Å²) in [6.45, 7) is 2.31. The number of hydrogen-bond acceptors (Lipinski definition) is 2. The summed E-state index contributed by atoms with van der Waals surface area (Å²) < 4.78 is 0. The Bertz CT molecular complexity index is 3410. The van der Waals surface area contributed by atoms with Crippen LogP contribution < -0.4 is 10.2 Å². The minimum Gasteiger partial charge on any atom is -0.355 e. The van der Waals surface area contributed by atoms with Crippen LogP contribution in [-0.2, 0) is 5.41 Å². The lowest BCUT2D eigenvalue weighted by atomic mass is 9.67. The lowest BCUT2D eigenvalue weighted by Crippen LogP contribution is -2.28. The maximum atomic E-state index is 3.82. The Labute approximate surface area is 387 Å². The van der Waals surface area contributed by atoms with Gasteiger partial charge < -0.3 is 10.2 Å². The summed E-state index contributed by atoms with van der Waals surface area (Å²) in [5.41, 5.74) is 16.4.